The van der Waals surface area contributed by atoms with Crippen molar-refractivity contribution in [3.05, 3.63) is 11.9 Å². The third-order valence-electron chi connectivity index (χ3n) is 1.81. The summed E-state index contributed by atoms with van der Waals surface area (Å²) >= 11 is 0. The smallest absolute Gasteiger partial charge is 0.312 e. The lowest BCUT2D eigenvalue weighted by Crippen LogP contribution is -2.30. The second kappa shape index (κ2) is 9.59. The van der Waals surface area contributed by atoms with Crippen molar-refractivity contribution in [3.8, 4) is 0 Å². The van der Waals surface area contributed by atoms with E-state index in [9.17, 15) is 4.79 Å². The van der Waals surface area contributed by atoms with Gasteiger partial charge in [0.05, 0.1) is 5.69 Å². The first-order chi connectivity index (χ1) is 8.22. The molecule has 0 aliphatic carbocycles. The van der Waals surface area contributed by atoms with Crippen molar-refractivity contribution in [2.45, 2.75) is 33.4 Å². The van der Waals surface area contributed by atoms with Gasteiger partial charge in [-0.15, -0.1) is 5.10 Å². The number of amides is 2. The molecule has 0 saturated heterocycles. The van der Waals surface area contributed by atoms with Crippen LogP contribution in [0, 0.1) is 0 Å². The number of carbonyl (C=O) groups is 1. The first-order valence-corrected chi connectivity index (χ1v) is 5.79. The highest BCUT2D eigenvalue weighted by Gasteiger charge is 1.99. The fourth-order valence-electron chi connectivity index (χ4n) is 1.16. The Labute approximate surface area is 102 Å². The van der Waals surface area contributed by atoms with E-state index in [0.29, 0.717) is 13.1 Å². The van der Waals surface area contributed by atoms with E-state index in [2.05, 4.69) is 20.9 Å². The van der Waals surface area contributed by atoms with E-state index in [4.69, 9.17) is 5.73 Å². The maximum atomic E-state index is 10.4. The molecule has 1 aromatic rings. The normalized spacial score (nSPS) is 9.35. The number of hydrogen-bond acceptors (Lipinski definition) is 4. The van der Waals surface area contributed by atoms with Crippen LogP contribution >= 0.6 is 0 Å². The Morgan fingerprint density at radius 1 is 1.53 bits per heavy atom. The summed E-state index contributed by atoms with van der Waals surface area (Å²) in [6.45, 7) is 5.98. The van der Waals surface area contributed by atoms with Crippen LogP contribution in [0.3, 0.4) is 0 Å². The Kier molecular flexibility index (Phi) is 8.67. The van der Waals surface area contributed by atoms with E-state index in [1.807, 2.05) is 27.1 Å². The van der Waals surface area contributed by atoms with Gasteiger partial charge in [0.25, 0.3) is 0 Å². The van der Waals surface area contributed by atoms with Crippen molar-refractivity contribution in [2.24, 2.45) is 5.73 Å². The molecule has 7 heteroatoms. The summed E-state index contributed by atoms with van der Waals surface area (Å²) in [7, 11) is 1.86. The van der Waals surface area contributed by atoms with Crippen LogP contribution in [0.5, 0.6) is 0 Å². The Morgan fingerprint density at radius 2 is 2.24 bits per heavy atom. The van der Waals surface area contributed by atoms with Crippen molar-refractivity contribution in [1.82, 2.24) is 25.6 Å². The zero-order chi connectivity index (χ0) is 13.1. The van der Waals surface area contributed by atoms with E-state index in [1.54, 1.807) is 4.68 Å². The Hall–Kier alpha value is -1.63. The van der Waals surface area contributed by atoms with Gasteiger partial charge in [-0.3, -0.25) is 4.68 Å². The number of urea groups is 1. The van der Waals surface area contributed by atoms with Crippen molar-refractivity contribution in [1.29, 1.82) is 0 Å². The van der Waals surface area contributed by atoms with Gasteiger partial charge in [0.2, 0.25) is 0 Å². The van der Waals surface area contributed by atoms with Crippen molar-refractivity contribution in [3.63, 3.8) is 0 Å². The number of nitrogens with zero attached hydrogens (tertiary/aromatic N) is 3. The molecule has 0 atom stereocenters. The van der Waals surface area contributed by atoms with Gasteiger partial charge < -0.3 is 16.4 Å². The van der Waals surface area contributed by atoms with Crippen LogP contribution in [0.2, 0.25) is 0 Å². The molecule has 0 unspecified atom stereocenters. The number of hydrogen-bond donors (Lipinski definition) is 3. The van der Waals surface area contributed by atoms with Gasteiger partial charge in [-0.05, 0) is 13.5 Å². The van der Waals surface area contributed by atoms with Crippen LogP contribution < -0.4 is 16.4 Å². The number of carbonyl (C=O) groups excluding carboxylic acids is 1. The van der Waals surface area contributed by atoms with Crippen LogP contribution in [-0.2, 0) is 13.1 Å². The van der Waals surface area contributed by atoms with Gasteiger partial charge in [-0.2, -0.15) is 0 Å². The van der Waals surface area contributed by atoms with Crippen molar-refractivity contribution >= 4 is 6.03 Å². The van der Waals surface area contributed by atoms with Gasteiger partial charge in [-0.25, -0.2) is 4.79 Å². The highest BCUT2D eigenvalue weighted by Crippen LogP contribution is 1.93. The van der Waals surface area contributed by atoms with E-state index in [0.717, 1.165) is 18.7 Å². The van der Waals surface area contributed by atoms with Crippen LogP contribution in [0.1, 0.15) is 26.0 Å². The minimum atomic E-state index is -0.496. The highest BCUT2D eigenvalue weighted by molar-refractivity contribution is 5.71. The SMILES string of the molecule is CC.CNCc1cn(CCCNC(N)=O)nn1. The molecule has 2 amide bonds. The van der Waals surface area contributed by atoms with Gasteiger partial charge in [0, 0.05) is 25.8 Å². The molecule has 1 aromatic heterocycles. The lowest BCUT2D eigenvalue weighted by Gasteiger charge is -2.00. The molecule has 0 fully saturated rings. The maximum absolute atomic E-state index is 10.4. The molecular weight excluding hydrogens is 220 g/mol. The summed E-state index contributed by atoms with van der Waals surface area (Å²) in [6.07, 6.45) is 2.66. The molecule has 98 valence electrons. The number of primary amides is 1. The molecule has 0 spiro atoms. The molecule has 0 bridgehead atoms. The molecular formula is C10H22N6O. The van der Waals surface area contributed by atoms with Crippen LogP contribution in [0.25, 0.3) is 0 Å². The van der Waals surface area contributed by atoms with Crippen LogP contribution in [0.4, 0.5) is 4.79 Å². The second-order valence-electron chi connectivity index (χ2n) is 3.15. The number of nitrogens with one attached hydrogen (secondary N) is 2. The lowest BCUT2D eigenvalue weighted by molar-refractivity contribution is 0.248. The molecule has 7 nitrogen and oxygen atoms in total. The molecule has 0 aliphatic heterocycles. The summed E-state index contributed by atoms with van der Waals surface area (Å²) in [4.78, 5) is 10.4. The summed E-state index contributed by atoms with van der Waals surface area (Å²) in [6, 6.07) is -0.496. The molecule has 0 aliphatic rings. The molecule has 4 N–H and O–H groups in total. The minimum absolute atomic E-state index is 0.496. The molecule has 0 aromatic carbocycles. The fourth-order valence-corrected chi connectivity index (χ4v) is 1.16. The molecule has 1 rings (SSSR count). The minimum Gasteiger partial charge on any atom is -0.352 e. The van der Waals surface area contributed by atoms with Crippen LogP contribution in [0.15, 0.2) is 6.20 Å². The highest BCUT2D eigenvalue weighted by atomic mass is 16.2. The first-order valence-electron chi connectivity index (χ1n) is 5.79. The molecule has 1 heterocycles. The average molecular weight is 242 g/mol. The van der Waals surface area contributed by atoms with Gasteiger partial charge in [-0.1, -0.05) is 19.1 Å². The van der Waals surface area contributed by atoms with E-state index >= 15 is 0 Å². The number of aryl methyl sites for hydroxylation is 1. The monoisotopic (exact) mass is 242 g/mol. The predicted octanol–water partition coefficient (Wildman–Crippen LogP) is 0.0821. The second-order valence-corrected chi connectivity index (χ2v) is 3.15. The molecule has 0 saturated carbocycles. The lowest BCUT2D eigenvalue weighted by atomic mass is 10.4. The van der Waals surface area contributed by atoms with Crippen LogP contribution in [-0.4, -0.2) is 34.6 Å². The Bertz CT molecular complexity index is 311. The van der Waals surface area contributed by atoms with Gasteiger partial charge in [0.15, 0.2) is 0 Å². The predicted molar refractivity (Wildman–Crippen MR) is 66.3 cm³/mol. The third kappa shape index (κ3) is 7.29. The summed E-state index contributed by atoms with van der Waals surface area (Å²) in [5, 5.41) is 13.4. The number of rotatable bonds is 6. The quantitative estimate of drug-likeness (QED) is 0.615. The van der Waals surface area contributed by atoms with E-state index in [1.165, 1.54) is 0 Å². The zero-order valence-electron chi connectivity index (χ0n) is 10.7. The topological polar surface area (TPSA) is 97.9 Å². The summed E-state index contributed by atoms with van der Waals surface area (Å²) in [5.41, 5.74) is 5.83. The largest absolute Gasteiger partial charge is 0.352 e. The first kappa shape index (κ1) is 15.4. The molecule has 0 radical (unpaired) electrons. The number of aromatic nitrogens is 3. The van der Waals surface area contributed by atoms with E-state index in [-0.39, 0.29) is 0 Å². The standard InChI is InChI=1S/C8H16N6O.C2H6/c1-10-5-7-6-14(13-12-7)4-2-3-11-8(9)15;1-2/h6,10H,2-5H2,1H3,(H3,9,11,15);1-2H3. The van der Waals surface area contributed by atoms with Gasteiger partial charge in [0.1, 0.15) is 0 Å². The van der Waals surface area contributed by atoms with Gasteiger partial charge >= 0.3 is 6.03 Å². The summed E-state index contributed by atoms with van der Waals surface area (Å²) in [5.74, 6) is 0. The van der Waals surface area contributed by atoms with E-state index < -0.39 is 6.03 Å². The van der Waals surface area contributed by atoms with Crippen molar-refractivity contribution < 1.29 is 4.79 Å². The number of nitrogens with two attached hydrogens (primary N) is 1. The Balaban J connectivity index is 0.00000121. The van der Waals surface area contributed by atoms with Crippen molar-refractivity contribution in [2.75, 3.05) is 13.6 Å². The maximum Gasteiger partial charge on any atom is 0.312 e. The summed E-state index contributed by atoms with van der Waals surface area (Å²) < 4.78 is 1.75. The third-order valence-corrected chi connectivity index (χ3v) is 1.81. The average Bonchev–Trinajstić information content (AvgIpc) is 2.75. The molecule has 17 heavy (non-hydrogen) atoms. The Morgan fingerprint density at radius 3 is 2.82 bits per heavy atom. The zero-order valence-corrected chi connectivity index (χ0v) is 10.7. The fraction of sp³-hybridized carbons (Fsp3) is 0.700.